The second-order valence-electron chi connectivity index (χ2n) is 5.94. The lowest BCUT2D eigenvalue weighted by atomic mass is 9.81. The van der Waals surface area contributed by atoms with Crippen LogP contribution in [0.3, 0.4) is 0 Å². The van der Waals surface area contributed by atoms with Gasteiger partial charge in [-0.1, -0.05) is 39.8 Å². The molecule has 0 radical (unpaired) electrons. The van der Waals surface area contributed by atoms with Gasteiger partial charge in [0.1, 0.15) is 0 Å². The Bertz CT molecular complexity index is 367. The molecule has 0 spiro atoms. The Morgan fingerprint density at radius 2 is 1.94 bits per heavy atom. The zero-order valence-corrected chi connectivity index (χ0v) is 11.8. The summed E-state index contributed by atoms with van der Waals surface area (Å²) in [5.41, 5.74) is 9.48. The summed E-state index contributed by atoms with van der Waals surface area (Å²) in [7, 11) is 0. The summed E-state index contributed by atoms with van der Waals surface area (Å²) in [4.78, 5) is 0. The van der Waals surface area contributed by atoms with Gasteiger partial charge in [0, 0.05) is 18.8 Å². The van der Waals surface area contributed by atoms with Gasteiger partial charge < -0.3 is 11.1 Å². The lowest BCUT2D eigenvalue weighted by Crippen LogP contribution is -2.33. The van der Waals surface area contributed by atoms with Gasteiger partial charge in [0.25, 0.3) is 0 Å². The van der Waals surface area contributed by atoms with Crippen LogP contribution in [0.15, 0.2) is 18.2 Å². The van der Waals surface area contributed by atoms with Gasteiger partial charge >= 0.3 is 0 Å². The fraction of sp³-hybridized carbons (Fsp3) is 0.600. The first-order valence-electron chi connectivity index (χ1n) is 6.38. The van der Waals surface area contributed by atoms with E-state index in [0.717, 1.165) is 24.3 Å². The lowest BCUT2D eigenvalue weighted by Gasteiger charge is -2.29. The average molecular weight is 234 g/mol. The van der Waals surface area contributed by atoms with E-state index >= 15 is 0 Å². The summed E-state index contributed by atoms with van der Waals surface area (Å²) in [6.07, 6.45) is 0. The van der Waals surface area contributed by atoms with E-state index in [0.29, 0.717) is 11.3 Å². The molecule has 3 N–H and O–H groups in total. The highest BCUT2D eigenvalue weighted by Gasteiger charge is 2.21. The molecule has 0 heterocycles. The fourth-order valence-corrected chi connectivity index (χ4v) is 1.58. The van der Waals surface area contributed by atoms with Crippen molar-refractivity contribution in [1.29, 1.82) is 0 Å². The lowest BCUT2D eigenvalue weighted by molar-refractivity contribution is 0.238. The molecule has 0 amide bonds. The largest absolute Gasteiger partial charge is 0.399 e. The summed E-state index contributed by atoms with van der Waals surface area (Å²) >= 11 is 0. The molecule has 1 aromatic rings. The molecular formula is C15H26N2. The summed E-state index contributed by atoms with van der Waals surface area (Å²) in [5.74, 6) is 0.683. The molecule has 2 heteroatoms. The molecule has 17 heavy (non-hydrogen) atoms. The molecule has 0 saturated heterocycles. The number of nitrogens with one attached hydrogen (secondary N) is 1. The number of hydrogen-bond acceptors (Lipinski definition) is 2. The molecule has 0 saturated carbocycles. The van der Waals surface area contributed by atoms with Crippen molar-refractivity contribution in [2.45, 2.75) is 41.2 Å². The van der Waals surface area contributed by atoms with E-state index in [1.54, 1.807) is 0 Å². The minimum absolute atomic E-state index is 0.336. The van der Waals surface area contributed by atoms with Crippen LogP contribution in [0.25, 0.3) is 0 Å². The predicted octanol–water partition coefficient (Wildman–Crippen LogP) is 3.35. The quantitative estimate of drug-likeness (QED) is 0.767. The van der Waals surface area contributed by atoms with E-state index in [-0.39, 0.29) is 0 Å². The van der Waals surface area contributed by atoms with Crippen LogP contribution in [0.1, 0.15) is 38.8 Å². The van der Waals surface area contributed by atoms with Crippen molar-refractivity contribution in [3.63, 3.8) is 0 Å². The van der Waals surface area contributed by atoms with Gasteiger partial charge in [-0.05, 0) is 35.4 Å². The fourth-order valence-electron chi connectivity index (χ4n) is 1.58. The number of anilines is 1. The molecule has 1 aromatic carbocycles. The van der Waals surface area contributed by atoms with E-state index in [4.69, 9.17) is 5.73 Å². The number of rotatable bonds is 5. The SMILES string of the molecule is Cc1cc(CNCC(C)(C)C(C)C)ccc1N. The van der Waals surface area contributed by atoms with Gasteiger partial charge in [-0.3, -0.25) is 0 Å². The zero-order chi connectivity index (χ0) is 13.1. The molecule has 0 aromatic heterocycles. The molecule has 96 valence electrons. The average Bonchev–Trinajstić information content (AvgIpc) is 2.23. The number of nitrogens with two attached hydrogens (primary N) is 1. The van der Waals surface area contributed by atoms with E-state index in [9.17, 15) is 0 Å². The van der Waals surface area contributed by atoms with Crippen molar-refractivity contribution in [2.24, 2.45) is 11.3 Å². The van der Waals surface area contributed by atoms with E-state index in [1.807, 2.05) is 6.07 Å². The van der Waals surface area contributed by atoms with Crippen LogP contribution in [0.5, 0.6) is 0 Å². The van der Waals surface area contributed by atoms with Crippen LogP contribution >= 0.6 is 0 Å². The van der Waals surface area contributed by atoms with Crippen LogP contribution in [-0.4, -0.2) is 6.54 Å². The van der Waals surface area contributed by atoms with Gasteiger partial charge in [-0.15, -0.1) is 0 Å². The first-order valence-corrected chi connectivity index (χ1v) is 6.38. The zero-order valence-electron chi connectivity index (χ0n) is 11.8. The standard InChI is InChI=1S/C15H26N2/c1-11(2)15(4,5)10-17-9-13-6-7-14(16)12(3)8-13/h6-8,11,17H,9-10,16H2,1-5H3. The Labute approximate surface area is 106 Å². The van der Waals surface area contributed by atoms with Gasteiger partial charge in [0.15, 0.2) is 0 Å². The first-order chi connectivity index (χ1) is 7.83. The summed E-state index contributed by atoms with van der Waals surface area (Å²) in [6, 6.07) is 6.24. The highest BCUT2D eigenvalue weighted by molar-refractivity contribution is 5.47. The van der Waals surface area contributed by atoms with Gasteiger partial charge in [0.05, 0.1) is 0 Å². The van der Waals surface area contributed by atoms with Gasteiger partial charge in [0.2, 0.25) is 0 Å². The number of nitrogen functional groups attached to an aromatic ring is 1. The highest BCUT2D eigenvalue weighted by atomic mass is 14.9. The minimum Gasteiger partial charge on any atom is -0.399 e. The molecule has 0 fully saturated rings. The van der Waals surface area contributed by atoms with Crippen LogP contribution in [0, 0.1) is 18.3 Å². The van der Waals surface area contributed by atoms with Crippen LogP contribution < -0.4 is 11.1 Å². The third kappa shape index (κ3) is 4.04. The molecule has 0 atom stereocenters. The minimum atomic E-state index is 0.336. The van der Waals surface area contributed by atoms with Gasteiger partial charge in [-0.2, -0.15) is 0 Å². The predicted molar refractivity (Wildman–Crippen MR) is 75.9 cm³/mol. The molecule has 0 unspecified atom stereocenters. The van der Waals surface area contributed by atoms with E-state index in [2.05, 4.69) is 52.1 Å². The Hall–Kier alpha value is -1.02. The summed E-state index contributed by atoms with van der Waals surface area (Å²) < 4.78 is 0. The molecule has 1 rings (SSSR count). The molecule has 0 aliphatic rings. The maximum atomic E-state index is 5.81. The van der Waals surface area contributed by atoms with Gasteiger partial charge in [-0.25, -0.2) is 0 Å². The maximum absolute atomic E-state index is 5.81. The maximum Gasteiger partial charge on any atom is 0.0343 e. The summed E-state index contributed by atoms with van der Waals surface area (Å²) in [6.45, 7) is 13.2. The normalized spacial score (nSPS) is 12.1. The molecular weight excluding hydrogens is 208 g/mol. The van der Waals surface area contributed by atoms with Crippen LogP contribution in [0.4, 0.5) is 5.69 Å². The Morgan fingerprint density at radius 3 is 2.47 bits per heavy atom. The smallest absolute Gasteiger partial charge is 0.0343 e. The summed E-state index contributed by atoms with van der Waals surface area (Å²) in [5, 5.41) is 3.53. The van der Waals surface area contributed by atoms with Crippen molar-refractivity contribution in [2.75, 3.05) is 12.3 Å². The van der Waals surface area contributed by atoms with Crippen molar-refractivity contribution in [3.05, 3.63) is 29.3 Å². The van der Waals surface area contributed by atoms with Crippen molar-refractivity contribution in [3.8, 4) is 0 Å². The van der Waals surface area contributed by atoms with Crippen LogP contribution in [-0.2, 0) is 6.54 Å². The monoisotopic (exact) mass is 234 g/mol. The highest BCUT2D eigenvalue weighted by Crippen LogP contribution is 2.24. The molecule has 0 aliphatic carbocycles. The molecule has 2 nitrogen and oxygen atoms in total. The molecule has 0 bridgehead atoms. The third-order valence-electron chi connectivity index (χ3n) is 3.81. The van der Waals surface area contributed by atoms with Crippen molar-refractivity contribution >= 4 is 5.69 Å². The van der Waals surface area contributed by atoms with E-state index < -0.39 is 0 Å². The first kappa shape index (κ1) is 14.0. The second-order valence-corrected chi connectivity index (χ2v) is 5.94. The van der Waals surface area contributed by atoms with Crippen molar-refractivity contribution < 1.29 is 0 Å². The number of hydrogen-bond donors (Lipinski definition) is 2. The number of benzene rings is 1. The molecule has 0 aliphatic heterocycles. The Morgan fingerprint density at radius 1 is 1.29 bits per heavy atom. The number of aryl methyl sites for hydroxylation is 1. The Balaban J connectivity index is 2.49. The second kappa shape index (κ2) is 5.54. The van der Waals surface area contributed by atoms with Crippen LogP contribution in [0.2, 0.25) is 0 Å². The van der Waals surface area contributed by atoms with Crippen molar-refractivity contribution in [1.82, 2.24) is 5.32 Å². The topological polar surface area (TPSA) is 38.0 Å². The third-order valence-corrected chi connectivity index (χ3v) is 3.81. The Kier molecular flexibility index (Phi) is 4.58. The van der Waals surface area contributed by atoms with E-state index in [1.165, 1.54) is 5.56 Å².